The van der Waals surface area contributed by atoms with Crippen LogP contribution in [0.5, 0.6) is 0 Å². The number of pyridine rings is 2. The van der Waals surface area contributed by atoms with Crippen LogP contribution in [0.25, 0.3) is 0 Å². The van der Waals surface area contributed by atoms with Gasteiger partial charge in [-0.2, -0.15) is 0 Å². The van der Waals surface area contributed by atoms with Gasteiger partial charge >= 0.3 is 175 Å². The summed E-state index contributed by atoms with van der Waals surface area (Å²) in [5.41, 5.74) is 4.82. The molecule has 234 valence electrons. The van der Waals surface area contributed by atoms with E-state index in [4.69, 9.17) is 0 Å². The van der Waals surface area contributed by atoms with Gasteiger partial charge in [-0.15, -0.1) is 11.3 Å². The van der Waals surface area contributed by atoms with Gasteiger partial charge in [-0.3, -0.25) is 4.98 Å². The summed E-state index contributed by atoms with van der Waals surface area (Å²) in [7, 11) is 0. The van der Waals surface area contributed by atoms with E-state index in [1.807, 2.05) is 54.9 Å². The number of unbranched alkanes of at least 4 members (excludes halogenated alkanes) is 3. The van der Waals surface area contributed by atoms with E-state index in [9.17, 15) is 0 Å². The van der Waals surface area contributed by atoms with Crippen molar-refractivity contribution >= 4 is 67.2 Å². The summed E-state index contributed by atoms with van der Waals surface area (Å²) >= 11 is 3.00. The molecule has 0 aromatic carbocycles. The number of thiazole rings is 2. The average molecular weight is 844 g/mol. The molecule has 0 fully saturated rings. The van der Waals surface area contributed by atoms with Crippen LogP contribution in [0.15, 0.2) is 47.7 Å². The van der Waals surface area contributed by atoms with E-state index in [-0.39, 0.29) is 0 Å². The molecule has 0 amide bonds. The van der Waals surface area contributed by atoms with Gasteiger partial charge in [-0.1, -0.05) is 28.5 Å². The van der Waals surface area contributed by atoms with Gasteiger partial charge in [0, 0.05) is 23.3 Å². The minimum Gasteiger partial charge on any atom is -0.263 e. The second kappa shape index (κ2) is 21.9. The molecule has 4 heterocycles. The average Bonchev–Trinajstić information content (AvgIpc) is 3.67. The summed E-state index contributed by atoms with van der Waals surface area (Å²) in [6.07, 6.45) is 15.7. The van der Waals surface area contributed by atoms with Crippen LogP contribution in [0, 0.1) is 44.5 Å². The number of aromatic nitrogens is 4. The minimum absolute atomic E-state index is 0.832. The Kier molecular flexibility index (Phi) is 19.1. The van der Waals surface area contributed by atoms with Gasteiger partial charge in [-0.05, 0) is 36.3 Å². The van der Waals surface area contributed by atoms with Gasteiger partial charge in [0.2, 0.25) is 0 Å². The normalized spacial score (nSPS) is 10.3. The van der Waals surface area contributed by atoms with E-state index >= 15 is 0 Å². The Morgan fingerprint density at radius 1 is 0.636 bits per heavy atom. The standard InChI is InChI=1S/C12H10N2S.C11H7N2S.3C4H9.CH3I.Sn/c1-9-5-11(7-13-6-9)3-4-12-8-15-10(2)14-12;1-9-13-11(8-14-9)5-4-10-3-2-6-12-7-10;3*1-3-4-2;1-2;/h5-8H,1-2H3;3,6-8H,1H3;3*1,3-4H2,2H3;1H3;/i1-1;;;;;1-1;. The maximum atomic E-state index is 4.62. The van der Waals surface area contributed by atoms with Crippen molar-refractivity contribution in [3.63, 3.8) is 0 Å². The third kappa shape index (κ3) is 13.7. The Balaban J connectivity index is 0.000000333. The predicted octanol–water partition coefficient (Wildman–Crippen LogP) is 9.91. The number of hydrogen-bond acceptors (Lipinski definition) is 6. The fraction of sp³-hybridized carbons (Fsp3) is 0.444. The Hall–Kier alpha value is -1.79. The molecule has 0 aliphatic rings. The van der Waals surface area contributed by atoms with Gasteiger partial charge < -0.3 is 0 Å². The summed E-state index contributed by atoms with van der Waals surface area (Å²) in [4.78, 5) is 19.4. The Morgan fingerprint density at radius 3 is 1.50 bits per heavy atom. The zero-order chi connectivity index (χ0) is 32.2. The quantitative estimate of drug-likeness (QED) is 0.0691. The maximum absolute atomic E-state index is 4.62. The first kappa shape index (κ1) is 38.4. The second-order valence-electron chi connectivity index (χ2n) is 10.8. The summed E-state index contributed by atoms with van der Waals surface area (Å²) < 4.78 is 6.00. The molecule has 4 aromatic rings. The summed E-state index contributed by atoms with van der Waals surface area (Å²) in [6, 6.07) is 4.40. The molecule has 0 saturated heterocycles. The van der Waals surface area contributed by atoms with Crippen molar-refractivity contribution in [2.75, 3.05) is 4.93 Å². The molecule has 4 rings (SSSR count). The molecule has 0 spiro atoms. The van der Waals surface area contributed by atoms with E-state index < -0.39 is 18.4 Å². The Bertz CT molecular complexity index is 1500. The van der Waals surface area contributed by atoms with Gasteiger partial charge in [0.05, 0.1) is 5.01 Å². The number of nitrogens with zero attached hydrogens (tertiary/aromatic N) is 4. The van der Waals surface area contributed by atoms with Crippen molar-refractivity contribution in [3.8, 4) is 23.7 Å². The molecule has 44 heavy (non-hydrogen) atoms. The third-order valence-electron chi connectivity index (χ3n) is 7.16. The van der Waals surface area contributed by atoms with E-state index in [0.717, 1.165) is 38.1 Å². The zero-order valence-corrected chi connectivity index (χ0v) is 34.1. The fourth-order valence-electron chi connectivity index (χ4n) is 4.89. The summed E-state index contributed by atoms with van der Waals surface area (Å²) in [6.45, 7) is 13.0. The first-order valence-corrected chi connectivity index (χ1v) is 26.9. The molecule has 0 radical (unpaired) electrons. The molecular formula is C36H47IN4S2Sn. The van der Waals surface area contributed by atoms with Crippen molar-refractivity contribution in [1.82, 2.24) is 19.9 Å². The van der Waals surface area contributed by atoms with Gasteiger partial charge in [0.25, 0.3) is 0 Å². The van der Waals surface area contributed by atoms with Crippen LogP contribution >= 0.6 is 45.3 Å². The molecule has 0 atom stereocenters. The van der Waals surface area contributed by atoms with Crippen LogP contribution in [0.2, 0.25) is 13.3 Å². The maximum Gasteiger partial charge on any atom is 0.124 e. The van der Waals surface area contributed by atoms with E-state index in [0.29, 0.717) is 0 Å². The van der Waals surface area contributed by atoms with Gasteiger partial charge in [0.15, 0.2) is 0 Å². The number of hydrogen-bond donors (Lipinski definition) is 0. The van der Waals surface area contributed by atoms with Crippen LogP contribution in [-0.2, 0) is 0 Å². The van der Waals surface area contributed by atoms with E-state index in [1.165, 1.54) is 51.8 Å². The largest absolute Gasteiger partial charge is 0.263 e. The van der Waals surface area contributed by atoms with Crippen LogP contribution in [0.1, 0.15) is 97.4 Å². The summed E-state index contributed by atoms with van der Waals surface area (Å²) in [5.74, 6) is 12.6. The SMILES string of the molecule is CCC[CH2][Sn]([CH2]CCC)([CH2]CCC)[c]1cncc(C#Cc2csc(C)n2)c1.Cc1nc(C#Cc2cncc([11CH3])c2)cs1.[11CH3]I. The number of aryl methyl sites for hydroxylation is 3. The Morgan fingerprint density at radius 2 is 1.09 bits per heavy atom. The fourth-order valence-corrected chi connectivity index (χ4v) is 21.7. The molecule has 4 aromatic heterocycles. The van der Waals surface area contributed by atoms with E-state index in [1.54, 1.807) is 32.4 Å². The minimum atomic E-state index is -2.42. The van der Waals surface area contributed by atoms with Crippen molar-refractivity contribution in [3.05, 3.63) is 85.8 Å². The monoisotopic (exact) mass is 844 g/mol. The summed E-state index contributed by atoms with van der Waals surface area (Å²) in [5, 5.41) is 6.11. The van der Waals surface area contributed by atoms with Gasteiger partial charge in [0.1, 0.15) is 5.69 Å². The number of halogens is 1. The van der Waals surface area contributed by atoms with Crippen LogP contribution < -0.4 is 3.58 Å². The number of rotatable bonds is 10. The third-order valence-corrected chi connectivity index (χ3v) is 24.2. The van der Waals surface area contributed by atoms with Crippen molar-refractivity contribution in [2.24, 2.45) is 0 Å². The molecule has 4 nitrogen and oxygen atoms in total. The number of alkyl halides is 1. The van der Waals surface area contributed by atoms with Gasteiger partial charge in [-0.25, -0.2) is 4.98 Å². The van der Waals surface area contributed by atoms with Crippen LogP contribution in [0.3, 0.4) is 0 Å². The second-order valence-corrected chi connectivity index (χ2v) is 26.2. The molecule has 0 N–H and O–H groups in total. The predicted molar refractivity (Wildman–Crippen MR) is 203 cm³/mol. The molecular weight excluding hydrogens is 796 g/mol. The van der Waals surface area contributed by atoms with Crippen molar-refractivity contribution < 1.29 is 0 Å². The van der Waals surface area contributed by atoms with Crippen molar-refractivity contribution in [2.45, 2.75) is 93.4 Å². The first-order valence-electron chi connectivity index (χ1n) is 15.5. The topological polar surface area (TPSA) is 51.6 Å². The van der Waals surface area contributed by atoms with Crippen molar-refractivity contribution in [1.29, 1.82) is 0 Å². The van der Waals surface area contributed by atoms with Crippen LogP contribution in [0.4, 0.5) is 0 Å². The van der Waals surface area contributed by atoms with E-state index in [2.05, 4.69) is 99.2 Å². The molecule has 0 aliphatic heterocycles. The molecule has 0 saturated carbocycles. The zero-order valence-electron chi connectivity index (χ0n) is 27.5. The molecule has 0 bridgehead atoms. The first-order chi connectivity index (χ1) is 21.4. The smallest absolute Gasteiger partial charge is 0.124 e. The molecule has 0 unspecified atom stereocenters. The molecule has 8 heteroatoms. The molecule has 0 aliphatic carbocycles. The van der Waals surface area contributed by atoms with Crippen LogP contribution in [-0.4, -0.2) is 43.2 Å². The Labute approximate surface area is 292 Å².